The zero-order chi connectivity index (χ0) is 13.0. The highest BCUT2D eigenvalue weighted by Gasteiger charge is 2.19. The molecule has 1 amide bonds. The molecule has 1 aliphatic heterocycles. The number of hydrogen-bond donors (Lipinski definition) is 1. The summed E-state index contributed by atoms with van der Waals surface area (Å²) in [4.78, 5) is 13.9. The average Bonchev–Trinajstić information content (AvgIpc) is 2.38. The van der Waals surface area contributed by atoms with E-state index in [-0.39, 0.29) is 11.7 Å². The highest BCUT2D eigenvalue weighted by atomic mass is 19.1. The van der Waals surface area contributed by atoms with Gasteiger partial charge >= 0.3 is 0 Å². The maximum atomic E-state index is 12.7. The monoisotopic (exact) mass is 250 g/mol. The Morgan fingerprint density at radius 3 is 2.83 bits per heavy atom. The SMILES string of the molecule is C[C@@H]1CN(C(=O)CCc2ccc(F)cc2)CCN1. The summed E-state index contributed by atoms with van der Waals surface area (Å²) in [5.74, 6) is -0.0475. The van der Waals surface area contributed by atoms with E-state index in [1.165, 1.54) is 12.1 Å². The van der Waals surface area contributed by atoms with E-state index in [0.29, 0.717) is 18.9 Å². The number of benzene rings is 1. The van der Waals surface area contributed by atoms with Gasteiger partial charge in [-0.2, -0.15) is 0 Å². The lowest BCUT2D eigenvalue weighted by Gasteiger charge is -2.32. The summed E-state index contributed by atoms with van der Waals surface area (Å²) in [6.07, 6.45) is 1.18. The minimum absolute atomic E-state index is 0.188. The molecule has 1 aromatic rings. The van der Waals surface area contributed by atoms with Gasteiger partial charge in [0.15, 0.2) is 0 Å². The maximum Gasteiger partial charge on any atom is 0.222 e. The molecule has 1 aliphatic rings. The molecular weight excluding hydrogens is 231 g/mol. The number of carbonyl (C=O) groups is 1. The summed E-state index contributed by atoms with van der Waals surface area (Å²) < 4.78 is 12.7. The summed E-state index contributed by atoms with van der Waals surface area (Å²) in [5.41, 5.74) is 1.01. The van der Waals surface area contributed by atoms with Crippen LogP contribution in [0.3, 0.4) is 0 Å². The minimum Gasteiger partial charge on any atom is -0.340 e. The van der Waals surface area contributed by atoms with Crippen molar-refractivity contribution in [3.8, 4) is 0 Å². The molecule has 0 aliphatic carbocycles. The molecule has 0 bridgehead atoms. The second-order valence-corrected chi connectivity index (χ2v) is 4.82. The fraction of sp³-hybridized carbons (Fsp3) is 0.500. The lowest BCUT2D eigenvalue weighted by atomic mass is 10.1. The van der Waals surface area contributed by atoms with Gasteiger partial charge in [-0.15, -0.1) is 0 Å². The molecule has 0 unspecified atom stereocenters. The summed E-state index contributed by atoms with van der Waals surface area (Å²) >= 11 is 0. The summed E-state index contributed by atoms with van der Waals surface area (Å²) in [5, 5.41) is 3.31. The molecule has 0 aromatic heterocycles. The zero-order valence-corrected chi connectivity index (χ0v) is 10.7. The third-order valence-electron chi connectivity index (χ3n) is 3.26. The van der Waals surface area contributed by atoms with Crippen molar-refractivity contribution in [3.05, 3.63) is 35.6 Å². The van der Waals surface area contributed by atoms with Crippen LogP contribution in [0.2, 0.25) is 0 Å². The summed E-state index contributed by atoms with van der Waals surface area (Å²) in [6, 6.07) is 6.72. The number of nitrogens with zero attached hydrogens (tertiary/aromatic N) is 1. The van der Waals surface area contributed by atoms with Crippen molar-refractivity contribution in [1.82, 2.24) is 10.2 Å². The summed E-state index contributed by atoms with van der Waals surface area (Å²) in [7, 11) is 0. The Bertz CT molecular complexity index is 405. The van der Waals surface area contributed by atoms with Crippen LogP contribution in [0.1, 0.15) is 18.9 Å². The largest absolute Gasteiger partial charge is 0.340 e. The molecular formula is C14H19FN2O. The Labute approximate surface area is 107 Å². The van der Waals surface area contributed by atoms with Crippen LogP contribution in [0.15, 0.2) is 24.3 Å². The van der Waals surface area contributed by atoms with Crippen molar-refractivity contribution in [2.75, 3.05) is 19.6 Å². The van der Waals surface area contributed by atoms with Crippen LogP contribution in [0.25, 0.3) is 0 Å². The molecule has 1 heterocycles. The van der Waals surface area contributed by atoms with Crippen molar-refractivity contribution in [3.63, 3.8) is 0 Å². The van der Waals surface area contributed by atoms with Crippen molar-refractivity contribution in [1.29, 1.82) is 0 Å². The molecule has 1 N–H and O–H groups in total. The fourth-order valence-electron chi connectivity index (χ4n) is 2.22. The molecule has 98 valence electrons. The highest BCUT2D eigenvalue weighted by Crippen LogP contribution is 2.08. The lowest BCUT2D eigenvalue weighted by molar-refractivity contribution is -0.132. The molecule has 1 saturated heterocycles. The van der Waals surface area contributed by atoms with Gasteiger partial charge < -0.3 is 10.2 Å². The van der Waals surface area contributed by atoms with E-state index in [1.807, 2.05) is 4.90 Å². The first-order chi connectivity index (χ1) is 8.65. The fourth-order valence-corrected chi connectivity index (χ4v) is 2.22. The molecule has 18 heavy (non-hydrogen) atoms. The molecule has 1 aromatic carbocycles. The van der Waals surface area contributed by atoms with Gasteiger partial charge in [-0.1, -0.05) is 12.1 Å². The van der Waals surface area contributed by atoms with E-state index < -0.39 is 0 Å². The first-order valence-corrected chi connectivity index (χ1v) is 6.41. The van der Waals surface area contributed by atoms with Crippen LogP contribution in [0.4, 0.5) is 4.39 Å². The van der Waals surface area contributed by atoms with Gasteiger partial charge in [0.2, 0.25) is 5.91 Å². The van der Waals surface area contributed by atoms with Gasteiger partial charge in [-0.25, -0.2) is 4.39 Å². The first-order valence-electron chi connectivity index (χ1n) is 6.41. The molecule has 4 heteroatoms. The second-order valence-electron chi connectivity index (χ2n) is 4.82. The minimum atomic E-state index is -0.235. The Morgan fingerprint density at radius 1 is 1.44 bits per heavy atom. The third-order valence-corrected chi connectivity index (χ3v) is 3.26. The molecule has 2 rings (SSSR count). The quantitative estimate of drug-likeness (QED) is 0.883. The highest BCUT2D eigenvalue weighted by molar-refractivity contribution is 5.76. The third kappa shape index (κ3) is 3.53. The van der Waals surface area contributed by atoms with Gasteiger partial charge in [0, 0.05) is 32.1 Å². The number of nitrogens with one attached hydrogen (secondary N) is 1. The average molecular weight is 250 g/mol. The van der Waals surface area contributed by atoms with Crippen molar-refractivity contribution in [2.24, 2.45) is 0 Å². The predicted molar refractivity (Wildman–Crippen MR) is 68.8 cm³/mol. The molecule has 1 atom stereocenters. The number of piperazine rings is 1. The van der Waals surface area contributed by atoms with E-state index in [4.69, 9.17) is 0 Å². The number of hydrogen-bond acceptors (Lipinski definition) is 2. The molecule has 1 fully saturated rings. The Kier molecular flexibility index (Phi) is 4.31. The molecule has 0 radical (unpaired) electrons. The Hall–Kier alpha value is -1.42. The normalized spacial score (nSPS) is 19.9. The van der Waals surface area contributed by atoms with Crippen LogP contribution in [-0.2, 0) is 11.2 Å². The Balaban J connectivity index is 1.82. The maximum absolute atomic E-state index is 12.7. The smallest absolute Gasteiger partial charge is 0.222 e. The number of carbonyl (C=O) groups excluding carboxylic acids is 1. The van der Waals surface area contributed by atoms with Crippen LogP contribution in [0, 0.1) is 5.82 Å². The lowest BCUT2D eigenvalue weighted by Crippen LogP contribution is -2.51. The van der Waals surface area contributed by atoms with Crippen LogP contribution >= 0.6 is 0 Å². The van der Waals surface area contributed by atoms with Crippen molar-refractivity contribution < 1.29 is 9.18 Å². The van der Waals surface area contributed by atoms with Gasteiger partial charge in [-0.05, 0) is 31.0 Å². The summed E-state index contributed by atoms with van der Waals surface area (Å²) in [6.45, 7) is 4.51. The van der Waals surface area contributed by atoms with Gasteiger partial charge in [0.1, 0.15) is 5.82 Å². The van der Waals surface area contributed by atoms with Crippen molar-refractivity contribution >= 4 is 5.91 Å². The first kappa shape index (κ1) is 13.0. The second kappa shape index (κ2) is 5.96. The van der Waals surface area contributed by atoms with Crippen molar-refractivity contribution in [2.45, 2.75) is 25.8 Å². The van der Waals surface area contributed by atoms with E-state index in [0.717, 1.165) is 25.2 Å². The predicted octanol–water partition coefficient (Wildman–Crippen LogP) is 1.58. The van der Waals surface area contributed by atoms with E-state index in [9.17, 15) is 9.18 Å². The van der Waals surface area contributed by atoms with Gasteiger partial charge in [0.25, 0.3) is 0 Å². The zero-order valence-electron chi connectivity index (χ0n) is 10.7. The number of halogens is 1. The molecule has 0 spiro atoms. The van der Waals surface area contributed by atoms with Gasteiger partial charge in [0.05, 0.1) is 0 Å². The standard InChI is InChI=1S/C14H19FN2O/c1-11-10-17(9-8-16-11)14(18)7-4-12-2-5-13(15)6-3-12/h2-3,5-6,11,16H,4,7-10H2,1H3/t11-/m1/s1. The van der Waals surface area contributed by atoms with E-state index in [2.05, 4.69) is 12.2 Å². The van der Waals surface area contributed by atoms with E-state index >= 15 is 0 Å². The number of rotatable bonds is 3. The Morgan fingerprint density at radius 2 is 2.17 bits per heavy atom. The van der Waals surface area contributed by atoms with Gasteiger partial charge in [-0.3, -0.25) is 4.79 Å². The van der Waals surface area contributed by atoms with E-state index in [1.54, 1.807) is 12.1 Å². The number of amides is 1. The van der Waals surface area contributed by atoms with Crippen LogP contribution < -0.4 is 5.32 Å². The topological polar surface area (TPSA) is 32.3 Å². The molecule has 0 saturated carbocycles. The van der Waals surface area contributed by atoms with Crippen LogP contribution in [-0.4, -0.2) is 36.5 Å². The number of aryl methyl sites for hydroxylation is 1. The van der Waals surface area contributed by atoms with Crippen LogP contribution in [0.5, 0.6) is 0 Å². The molecule has 3 nitrogen and oxygen atoms in total.